The molecule has 0 aliphatic carbocycles. The van der Waals surface area contributed by atoms with Gasteiger partial charge in [0.1, 0.15) is 11.6 Å². The molecular formula is C23H20FN3O2. The molecule has 0 radical (unpaired) electrons. The smallest absolute Gasteiger partial charge is 0.280 e. The van der Waals surface area contributed by atoms with E-state index in [9.17, 15) is 9.18 Å². The third-order valence-corrected chi connectivity index (χ3v) is 4.59. The van der Waals surface area contributed by atoms with E-state index in [0.29, 0.717) is 24.1 Å². The van der Waals surface area contributed by atoms with Crippen LogP contribution in [0.2, 0.25) is 0 Å². The highest BCUT2D eigenvalue weighted by Crippen LogP contribution is 2.22. The molecule has 0 aliphatic heterocycles. The fourth-order valence-electron chi connectivity index (χ4n) is 3.21. The van der Waals surface area contributed by atoms with Crippen molar-refractivity contribution in [1.82, 2.24) is 9.66 Å². The van der Waals surface area contributed by atoms with Gasteiger partial charge in [-0.05, 0) is 37.3 Å². The molecule has 0 atom stereocenters. The summed E-state index contributed by atoms with van der Waals surface area (Å²) in [5, 5.41) is 0.457. The Hall–Kier alpha value is -3.67. The number of aromatic nitrogens is 2. The van der Waals surface area contributed by atoms with Crippen LogP contribution in [0.5, 0.6) is 5.75 Å². The van der Waals surface area contributed by atoms with Crippen LogP contribution in [-0.4, -0.2) is 16.3 Å². The van der Waals surface area contributed by atoms with Crippen LogP contribution in [0.15, 0.2) is 77.6 Å². The Balaban J connectivity index is 1.83. The third kappa shape index (κ3) is 3.69. The van der Waals surface area contributed by atoms with Gasteiger partial charge in [0.2, 0.25) is 0 Å². The van der Waals surface area contributed by atoms with Crippen LogP contribution in [0.25, 0.3) is 22.3 Å². The van der Waals surface area contributed by atoms with Crippen molar-refractivity contribution >= 4 is 10.9 Å². The molecule has 0 saturated heterocycles. The molecule has 4 aromatic rings. The molecule has 1 N–H and O–H groups in total. The van der Waals surface area contributed by atoms with Gasteiger partial charge in [0.05, 0.1) is 29.6 Å². The Morgan fingerprint density at radius 1 is 1.00 bits per heavy atom. The lowest BCUT2D eigenvalue weighted by molar-refractivity contribution is 0.336. The van der Waals surface area contributed by atoms with Gasteiger partial charge in [0.25, 0.3) is 5.56 Å². The fraction of sp³-hybridized carbons (Fsp3) is 0.130. The lowest BCUT2D eigenvalue weighted by Crippen LogP contribution is -2.31. The van der Waals surface area contributed by atoms with Crippen LogP contribution in [0.3, 0.4) is 0 Å². The SMILES string of the molecule is CCOc1ccccc1CNn1c(-c2ccccc2F)nc2ccccc2c1=O. The maximum absolute atomic E-state index is 14.5. The number of fused-ring (bicyclic) bond motifs is 1. The summed E-state index contributed by atoms with van der Waals surface area (Å²) in [5.41, 5.74) is 4.47. The molecule has 0 bridgehead atoms. The Bertz CT molecular complexity index is 1220. The molecule has 0 unspecified atom stereocenters. The number of hydrogen-bond acceptors (Lipinski definition) is 4. The lowest BCUT2D eigenvalue weighted by atomic mass is 10.1. The molecule has 1 heterocycles. The van der Waals surface area contributed by atoms with Gasteiger partial charge in [-0.3, -0.25) is 4.79 Å². The first-order valence-corrected chi connectivity index (χ1v) is 9.40. The maximum atomic E-state index is 14.5. The first kappa shape index (κ1) is 18.7. The van der Waals surface area contributed by atoms with E-state index < -0.39 is 5.82 Å². The van der Waals surface area contributed by atoms with E-state index in [4.69, 9.17) is 4.74 Å². The van der Waals surface area contributed by atoms with Gasteiger partial charge in [-0.2, -0.15) is 0 Å². The summed E-state index contributed by atoms with van der Waals surface area (Å²) in [5.74, 6) is 0.511. The number of nitrogens with one attached hydrogen (secondary N) is 1. The Morgan fingerprint density at radius 3 is 2.55 bits per heavy atom. The molecule has 29 heavy (non-hydrogen) atoms. The van der Waals surface area contributed by atoms with Gasteiger partial charge in [-0.1, -0.05) is 42.5 Å². The first-order chi connectivity index (χ1) is 14.2. The van der Waals surface area contributed by atoms with Gasteiger partial charge in [0, 0.05) is 5.56 Å². The van der Waals surface area contributed by atoms with Crippen LogP contribution in [0.4, 0.5) is 4.39 Å². The minimum Gasteiger partial charge on any atom is -0.494 e. The number of halogens is 1. The van der Waals surface area contributed by atoms with Crippen molar-refractivity contribution in [1.29, 1.82) is 0 Å². The molecule has 0 spiro atoms. The average molecular weight is 389 g/mol. The number of nitrogens with zero attached hydrogens (tertiary/aromatic N) is 2. The number of hydrogen-bond donors (Lipinski definition) is 1. The highest BCUT2D eigenvalue weighted by molar-refractivity contribution is 5.79. The van der Waals surface area contributed by atoms with Crippen molar-refractivity contribution in [2.45, 2.75) is 13.5 Å². The summed E-state index contributed by atoms with van der Waals surface area (Å²) in [7, 11) is 0. The second kappa shape index (κ2) is 8.14. The van der Waals surface area contributed by atoms with Crippen molar-refractivity contribution in [2.75, 3.05) is 12.0 Å². The predicted octanol–water partition coefficient (Wildman–Crippen LogP) is 4.35. The summed E-state index contributed by atoms with van der Waals surface area (Å²) in [4.78, 5) is 17.7. The summed E-state index contributed by atoms with van der Waals surface area (Å²) in [6, 6.07) is 20.9. The van der Waals surface area contributed by atoms with Crippen LogP contribution < -0.4 is 15.7 Å². The van der Waals surface area contributed by atoms with Crippen molar-refractivity contribution in [3.63, 3.8) is 0 Å². The largest absolute Gasteiger partial charge is 0.494 e. The first-order valence-electron chi connectivity index (χ1n) is 9.40. The van der Waals surface area contributed by atoms with E-state index in [0.717, 1.165) is 11.3 Å². The number of para-hydroxylation sites is 2. The van der Waals surface area contributed by atoms with E-state index in [2.05, 4.69) is 10.4 Å². The molecule has 0 aliphatic rings. The molecule has 5 nitrogen and oxygen atoms in total. The maximum Gasteiger partial charge on any atom is 0.280 e. The lowest BCUT2D eigenvalue weighted by Gasteiger charge is -2.17. The third-order valence-electron chi connectivity index (χ3n) is 4.59. The van der Waals surface area contributed by atoms with Crippen LogP contribution in [0.1, 0.15) is 12.5 Å². The van der Waals surface area contributed by atoms with Crippen molar-refractivity contribution < 1.29 is 9.13 Å². The van der Waals surface area contributed by atoms with Gasteiger partial charge >= 0.3 is 0 Å². The highest BCUT2D eigenvalue weighted by atomic mass is 19.1. The number of rotatable bonds is 6. The van der Waals surface area contributed by atoms with Crippen molar-refractivity contribution in [3.05, 3.63) is 94.5 Å². The Kier molecular flexibility index (Phi) is 5.24. The average Bonchev–Trinajstić information content (AvgIpc) is 2.75. The molecule has 3 aromatic carbocycles. The van der Waals surface area contributed by atoms with Crippen LogP contribution in [0, 0.1) is 5.82 Å². The second-order valence-corrected chi connectivity index (χ2v) is 6.45. The monoisotopic (exact) mass is 389 g/mol. The van der Waals surface area contributed by atoms with Gasteiger partial charge < -0.3 is 10.2 Å². The summed E-state index contributed by atoms with van der Waals surface area (Å²) in [6.45, 7) is 2.77. The molecular weight excluding hydrogens is 369 g/mol. The molecule has 0 amide bonds. The zero-order valence-electron chi connectivity index (χ0n) is 15.9. The molecule has 4 rings (SSSR count). The quantitative estimate of drug-likeness (QED) is 0.533. The second-order valence-electron chi connectivity index (χ2n) is 6.45. The van der Waals surface area contributed by atoms with E-state index in [1.54, 1.807) is 42.5 Å². The molecule has 146 valence electrons. The van der Waals surface area contributed by atoms with Crippen LogP contribution in [-0.2, 0) is 6.54 Å². The van der Waals surface area contributed by atoms with Crippen LogP contribution >= 0.6 is 0 Å². The molecule has 0 saturated carbocycles. The van der Waals surface area contributed by atoms with E-state index in [1.165, 1.54) is 10.7 Å². The molecule has 6 heteroatoms. The zero-order valence-corrected chi connectivity index (χ0v) is 15.9. The van der Waals surface area contributed by atoms with E-state index in [1.807, 2.05) is 31.2 Å². The van der Waals surface area contributed by atoms with Gasteiger partial charge in [-0.15, -0.1) is 0 Å². The fourth-order valence-corrected chi connectivity index (χ4v) is 3.21. The molecule has 0 fully saturated rings. The van der Waals surface area contributed by atoms with Gasteiger partial charge in [-0.25, -0.2) is 14.1 Å². The normalized spacial score (nSPS) is 10.8. The highest BCUT2D eigenvalue weighted by Gasteiger charge is 2.16. The predicted molar refractivity (Wildman–Crippen MR) is 112 cm³/mol. The Labute approximate surface area is 167 Å². The Morgan fingerprint density at radius 2 is 1.72 bits per heavy atom. The van der Waals surface area contributed by atoms with E-state index in [-0.39, 0.29) is 16.9 Å². The topological polar surface area (TPSA) is 56.1 Å². The number of benzene rings is 3. The minimum atomic E-state index is -0.444. The minimum absolute atomic E-state index is 0.223. The van der Waals surface area contributed by atoms with Gasteiger partial charge in [0.15, 0.2) is 5.82 Å². The molecule has 1 aromatic heterocycles. The van der Waals surface area contributed by atoms with Crippen molar-refractivity contribution in [3.8, 4) is 17.1 Å². The standard InChI is InChI=1S/C23H20FN3O2/c1-2-29-21-14-8-3-9-16(21)15-25-27-22(17-10-4-6-12-19(17)24)26-20-13-7-5-11-18(20)23(27)28/h3-14,25H,2,15H2,1H3. The zero-order chi connectivity index (χ0) is 20.2. The summed E-state index contributed by atoms with van der Waals surface area (Å²) < 4.78 is 21.5. The van der Waals surface area contributed by atoms with E-state index >= 15 is 0 Å². The number of ether oxygens (including phenoxy) is 1. The van der Waals surface area contributed by atoms with Crippen molar-refractivity contribution in [2.24, 2.45) is 0 Å². The summed E-state index contributed by atoms with van der Waals surface area (Å²) >= 11 is 0. The summed E-state index contributed by atoms with van der Waals surface area (Å²) in [6.07, 6.45) is 0.